The Kier molecular flexibility index (Phi) is 4.11. The van der Waals surface area contributed by atoms with E-state index in [1.54, 1.807) is 0 Å². The molecule has 0 atom stereocenters. The van der Waals surface area contributed by atoms with E-state index in [-0.39, 0.29) is 17.3 Å². The van der Waals surface area contributed by atoms with Crippen LogP contribution < -0.4 is 14.8 Å². The number of rotatable bonds is 3. The van der Waals surface area contributed by atoms with Crippen LogP contribution in [-0.4, -0.2) is 24.0 Å². The zero-order valence-electron chi connectivity index (χ0n) is 13.1. The SMILES string of the molecule is CC1(C(=O)Nc2cc3c(cc2[N+](=O)[O-])OCCO3)CCCCC1. The monoisotopic (exact) mass is 320 g/mol. The van der Waals surface area contributed by atoms with Gasteiger partial charge in [0, 0.05) is 11.5 Å². The normalized spacial score (nSPS) is 19.0. The summed E-state index contributed by atoms with van der Waals surface area (Å²) in [7, 11) is 0. The van der Waals surface area contributed by atoms with Crippen LogP contribution >= 0.6 is 0 Å². The van der Waals surface area contributed by atoms with E-state index in [9.17, 15) is 14.9 Å². The fraction of sp³-hybridized carbons (Fsp3) is 0.562. The third kappa shape index (κ3) is 3.09. The van der Waals surface area contributed by atoms with Gasteiger partial charge in [-0.05, 0) is 12.8 Å². The molecule has 3 rings (SSSR count). The Morgan fingerprint density at radius 1 is 1.17 bits per heavy atom. The highest BCUT2D eigenvalue weighted by molar-refractivity contribution is 5.97. The summed E-state index contributed by atoms with van der Waals surface area (Å²) in [5, 5.41) is 14.0. The first-order chi connectivity index (χ1) is 11.0. The summed E-state index contributed by atoms with van der Waals surface area (Å²) >= 11 is 0. The molecule has 2 aliphatic rings. The Labute approximate surface area is 134 Å². The van der Waals surface area contributed by atoms with Gasteiger partial charge in [-0.2, -0.15) is 0 Å². The summed E-state index contributed by atoms with van der Waals surface area (Å²) in [6.45, 7) is 2.66. The molecule has 7 nitrogen and oxygen atoms in total. The van der Waals surface area contributed by atoms with Crippen molar-refractivity contribution in [2.45, 2.75) is 39.0 Å². The molecule has 0 bridgehead atoms. The van der Waals surface area contributed by atoms with Crippen LogP contribution in [0, 0.1) is 15.5 Å². The maximum Gasteiger partial charge on any atom is 0.296 e. The van der Waals surface area contributed by atoms with Gasteiger partial charge in [-0.3, -0.25) is 14.9 Å². The Balaban J connectivity index is 1.89. The maximum atomic E-state index is 12.6. The van der Waals surface area contributed by atoms with Gasteiger partial charge >= 0.3 is 0 Å². The standard InChI is InChI=1S/C16H20N2O5/c1-16(5-3-2-4-6-16)15(19)17-11-9-13-14(23-8-7-22-13)10-12(11)18(20)21/h9-10H,2-8H2,1H3,(H,17,19). The first-order valence-corrected chi connectivity index (χ1v) is 7.89. The second kappa shape index (κ2) is 6.06. The van der Waals surface area contributed by atoms with Gasteiger partial charge in [-0.15, -0.1) is 0 Å². The van der Waals surface area contributed by atoms with Crippen molar-refractivity contribution in [1.29, 1.82) is 0 Å². The lowest BCUT2D eigenvalue weighted by molar-refractivity contribution is -0.384. The molecule has 1 aromatic rings. The lowest BCUT2D eigenvalue weighted by Crippen LogP contribution is -2.35. The summed E-state index contributed by atoms with van der Waals surface area (Å²) in [4.78, 5) is 23.4. The predicted octanol–water partition coefficient (Wildman–Crippen LogP) is 3.27. The van der Waals surface area contributed by atoms with Crippen LogP contribution in [0.1, 0.15) is 39.0 Å². The number of fused-ring (bicyclic) bond motifs is 1. The van der Waals surface area contributed by atoms with Gasteiger partial charge in [-0.25, -0.2) is 0 Å². The third-order valence-electron chi connectivity index (χ3n) is 4.61. The number of nitro benzene ring substituents is 1. The number of nitrogens with zero attached hydrogens (tertiary/aromatic N) is 1. The molecule has 7 heteroatoms. The fourth-order valence-electron chi connectivity index (χ4n) is 3.16. The van der Waals surface area contributed by atoms with Crippen molar-refractivity contribution < 1.29 is 19.2 Å². The number of anilines is 1. The number of nitrogens with one attached hydrogen (secondary N) is 1. The van der Waals surface area contributed by atoms with E-state index in [2.05, 4.69) is 5.32 Å². The largest absolute Gasteiger partial charge is 0.486 e. The molecule has 0 aromatic heterocycles. The number of carbonyl (C=O) groups excluding carboxylic acids is 1. The van der Waals surface area contributed by atoms with Crippen molar-refractivity contribution in [3.05, 3.63) is 22.2 Å². The van der Waals surface area contributed by atoms with Gasteiger partial charge in [0.1, 0.15) is 18.9 Å². The summed E-state index contributed by atoms with van der Waals surface area (Å²) in [6.07, 6.45) is 4.75. The lowest BCUT2D eigenvalue weighted by Gasteiger charge is -2.32. The first kappa shape index (κ1) is 15.6. The van der Waals surface area contributed by atoms with Gasteiger partial charge < -0.3 is 14.8 Å². The molecule has 1 fully saturated rings. The van der Waals surface area contributed by atoms with Gasteiger partial charge in [0.25, 0.3) is 5.69 Å². The molecular formula is C16H20N2O5. The van der Waals surface area contributed by atoms with Crippen LogP contribution in [0.4, 0.5) is 11.4 Å². The topological polar surface area (TPSA) is 90.7 Å². The van der Waals surface area contributed by atoms with Crippen molar-refractivity contribution in [3.63, 3.8) is 0 Å². The molecule has 23 heavy (non-hydrogen) atoms. The van der Waals surface area contributed by atoms with Crippen LogP contribution in [0.5, 0.6) is 11.5 Å². The van der Waals surface area contributed by atoms with E-state index in [4.69, 9.17) is 9.47 Å². The summed E-state index contributed by atoms with van der Waals surface area (Å²) in [5.74, 6) is 0.591. The second-order valence-corrected chi connectivity index (χ2v) is 6.35. The van der Waals surface area contributed by atoms with Gasteiger partial charge in [0.15, 0.2) is 11.5 Å². The van der Waals surface area contributed by atoms with Gasteiger partial charge in [-0.1, -0.05) is 26.2 Å². The number of carbonyl (C=O) groups is 1. The molecule has 1 N–H and O–H groups in total. The van der Waals surface area contributed by atoms with Crippen molar-refractivity contribution in [2.75, 3.05) is 18.5 Å². The maximum absolute atomic E-state index is 12.6. The van der Waals surface area contributed by atoms with E-state index < -0.39 is 10.3 Å². The third-order valence-corrected chi connectivity index (χ3v) is 4.61. The first-order valence-electron chi connectivity index (χ1n) is 7.89. The zero-order valence-corrected chi connectivity index (χ0v) is 13.1. The van der Waals surface area contributed by atoms with Gasteiger partial charge in [0.05, 0.1) is 11.0 Å². The van der Waals surface area contributed by atoms with Crippen molar-refractivity contribution in [2.24, 2.45) is 5.41 Å². The van der Waals surface area contributed by atoms with Crippen molar-refractivity contribution >= 4 is 17.3 Å². The highest BCUT2D eigenvalue weighted by Gasteiger charge is 2.36. The molecule has 1 heterocycles. The van der Waals surface area contributed by atoms with Crippen LogP contribution in [-0.2, 0) is 4.79 Å². The molecular weight excluding hydrogens is 300 g/mol. The average molecular weight is 320 g/mol. The molecule has 124 valence electrons. The fourth-order valence-corrected chi connectivity index (χ4v) is 3.16. The summed E-state index contributed by atoms with van der Waals surface area (Å²) in [6, 6.07) is 2.80. The number of hydrogen-bond donors (Lipinski definition) is 1. The van der Waals surface area contributed by atoms with Crippen LogP contribution in [0.3, 0.4) is 0 Å². The van der Waals surface area contributed by atoms with Crippen LogP contribution in [0.15, 0.2) is 12.1 Å². The van der Waals surface area contributed by atoms with E-state index in [0.717, 1.165) is 32.1 Å². The Bertz CT molecular complexity index is 638. The van der Waals surface area contributed by atoms with E-state index in [0.29, 0.717) is 24.7 Å². The molecule has 0 unspecified atom stereocenters. The minimum atomic E-state index is -0.517. The molecule has 0 radical (unpaired) electrons. The van der Waals surface area contributed by atoms with Crippen LogP contribution in [0.25, 0.3) is 0 Å². The van der Waals surface area contributed by atoms with E-state index in [1.807, 2.05) is 6.92 Å². The average Bonchev–Trinajstić information content (AvgIpc) is 2.54. The van der Waals surface area contributed by atoms with Crippen molar-refractivity contribution in [1.82, 2.24) is 0 Å². The Morgan fingerprint density at radius 2 is 1.78 bits per heavy atom. The highest BCUT2D eigenvalue weighted by Crippen LogP contribution is 2.41. The molecule has 1 aromatic carbocycles. The number of hydrogen-bond acceptors (Lipinski definition) is 5. The zero-order chi connectivity index (χ0) is 16.4. The van der Waals surface area contributed by atoms with E-state index >= 15 is 0 Å². The summed E-state index contributed by atoms with van der Waals surface area (Å²) < 4.78 is 10.8. The highest BCUT2D eigenvalue weighted by atomic mass is 16.6. The lowest BCUT2D eigenvalue weighted by atomic mass is 9.75. The smallest absolute Gasteiger partial charge is 0.296 e. The molecule has 0 spiro atoms. The quantitative estimate of drug-likeness (QED) is 0.681. The van der Waals surface area contributed by atoms with Crippen molar-refractivity contribution in [3.8, 4) is 11.5 Å². The minimum Gasteiger partial charge on any atom is -0.486 e. The van der Waals surface area contributed by atoms with Gasteiger partial charge in [0.2, 0.25) is 5.91 Å². The minimum absolute atomic E-state index is 0.163. The Hall–Kier alpha value is -2.31. The molecule has 1 aliphatic heterocycles. The second-order valence-electron chi connectivity index (χ2n) is 6.35. The number of nitro groups is 1. The summed E-state index contributed by atoms with van der Waals surface area (Å²) in [5.41, 5.74) is -0.489. The van der Waals surface area contributed by atoms with E-state index in [1.165, 1.54) is 12.1 Å². The molecule has 1 amide bonds. The Morgan fingerprint density at radius 3 is 2.39 bits per heavy atom. The number of ether oxygens (including phenoxy) is 2. The molecule has 1 saturated carbocycles. The molecule has 1 aliphatic carbocycles. The number of amides is 1. The predicted molar refractivity (Wildman–Crippen MR) is 83.9 cm³/mol. The number of benzene rings is 1. The van der Waals surface area contributed by atoms with Crippen LogP contribution in [0.2, 0.25) is 0 Å². The molecule has 0 saturated heterocycles.